The van der Waals surface area contributed by atoms with E-state index in [1.54, 1.807) is 5.32 Å². The number of nitrogens with zero attached hydrogens (tertiary/aromatic N) is 2. The van der Waals surface area contributed by atoms with Crippen molar-refractivity contribution >= 4 is 0 Å². The molecule has 0 bridgehead atoms. The molecule has 3 nitrogen and oxygen atoms in total. The molecule has 0 aromatic heterocycles. The topological polar surface area (TPSA) is 59.6 Å². The Morgan fingerprint density at radius 3 is 1.50 bits per heavy atom. The van der Waals surface area contributed by atoms with Crippen LogP contribution < -0.4 is 5.32 Å². The molecule has 0 fully saturated rings. The zero-order valence-corrected chi connectivity index (χ0v) is 4.18. The van der Waals surface area contributed by atoms with E-state index in [9.17, 15) is 0 Å². The quantitative estimate of drug-likeness (QED) is 0.307. The van der Waals surface area contributed by atoms with Gasteiger partial charge in [-0.25, -0.2) is 5.32 Å². The van der Waals surface area contributed by atoms with E-state index < -0.39 is 0 Å². The zero-order chi connectivity index (χ0) is 4.12. The molecule has 34 valence electrons. The third kappa shape index (κ3) is 9.67. The molecule has 0 amide bonds. The molecule has 0 saturated carbocycles. The second kappa shape index (κ2) is 8.82. The Balaban J connectivity index is 0. The van der Waals surface area contributed by atoms with Crippen molar-refractivity contribution in [3.63, 3.8) is 0 Å². The van der Waals surface area contributed by atoms with Gasteiger partial charge in [0, 0.05) is 0 Å². The van der Waals surface area contributed by atoms with Gasteiger partial charge in [-0.05, 0) is 0 Å². The Labute approximate surface area is 51.1 Å². The molecule has 0 rings (SSSR count). The Kier molecular flexibility index (Phi) is 13.4. The van der Waals surface area contributed by atoms with Crippen LogP contribution in [0.4, 0.5) is 0 Å². The Bertz CT molecular complexity index is 73.9. The fourth-order valence-corrected chi connectivity index (χ4v) is 0.0250. The van der Waals surface area contributed by atoms with Gasteiger partial charge in [0.25, 0.3) is 0 Å². The maximum atomic E-state index is 7.48. The molecule has 0 aliphatic carbocycles. The van der Waals surface area contributed by atoms with Crippen LogP contribution in [0, 0.1) is 22.9 Å². The minimum absolute atomic E-state index is 0. The summed E-state index contributed by atoms with van der Waals surface area (Å²) in [6.45, 7) is 0. The van der Waals surface area contributed by atoms with E-state index in [-0.39, 0.29) is 22.4 Å². The number of nitriles is 2. The van der Waals surface area contributed by atoms with Crippen LogP contribution in [-0.2, 0) is 22.4 Å². The second-order valence-electron chi connectivity index (χ2n) is 0.349. The van der Waals surface area contributed by atoms with Crippen molar-refractivity contribution in [3.05, 3.63) is 0 Å². The second-order valence-corrected chi connectivity index (χ2v) is 0.349. The fraction of sp³-hybridized carbons (Fsp3) is 0. The number of hydrogen-bond donors (Lipinski definition) is 1. The maximum absolute atomic E-state index is 7.48. The predicted octanol–water partition coefficient (Wildman–Crippen LogP) is -0.464. The van der Waals surface area contributed by atoms with Gasteiger partial charge in [0.2, 0.25) is 0 Å². The van der Waals surface area contributed by atoms with Gasteiger partial charge in [-0.15, -0.1) is 0 Å². The van der Waals surface area contributed by atoms with Crippen LogP contribution in [0.3, 0.4) is 0 Å². The van der Waals surface area contributed by atoms with Crippen LogP contribution in [0.1, 0.15) is 0 Å². The molecule has 4 heteroatoms. The minimum atomic E-state index is 0. The molecule has 1 N–H and O–H groups in total. The molecule has 0 aromatic rings. The first-order chi connectivity index (χ1) is 2.41. The third-order valence-electron chi connectivity index (χ3n) is 0.112. The van der Waals surface area contributed by atoms with Crippen molar-refractivity contribution in [3.8, 4) is 12.4 Å². The van der Waals surface area contributed by atoms with Crippen molar-refractivity contribution in [1.29, 1.82) is 10.5 Å². The summed E-state index contributed by atoms with van der Waals surface area (Å²) in [5, 5.41) is 16.7. The van der Waals surface area contributed by atoms with Gasteiger partial charge in [0.1, 0.15) is 0 Å². The predicted molar refractivity (Wildman–Crippen MR) is 14.4 cm³/mol. The zero-order valence-electron chi connectivity index (χ0n) is 2.70. The van der Waals surface area contributed by atoms with Crippen molar-refractivity contribution < 1.29 is 22.4 Å². The Morgan fingerprint density at radius 2 is 1.50 bits per heavy atom. The van der Waals surface area contributed by atoms with E-state index >= 15 is 0 Å². The molecule has 0 atom stereocenters. The maximum Gasteiger partial charge on any atom is 1.00 e. The number of rotatable bonds is 0. The number of nitrogens with one attached hydrogen (secondary N) is 1. The molecule has 0 radical (unpaired) electrons. The first-order valence-corrected chi connectivity index (χ1v) is 0.947. The van der Waals surface area contributed by atoms with Gasteiger partial charge in [-0.2, -0.15) is 10.5 Å². The van der Waals surface area contributed by atoms with Gasteiger partial charge in [-0.1, -0.05) is 0 Å². The van der Waals surface area contributed by atoms with Crippen LogP contribution >= 0.6 is 0 Å². The minimum Gasteiger partial charge on any atom is -0.229 e. The van der Waals surface area contributed by atoms with Crippen LogP contribution in [0.15, 0.2) is 0 Å². The summed E-state index contributed by atoms with van der Waals surface area (Å²) in [5.41, 5.74) is 0. The molecule has 0 saturated heterocycles. The van der Waals surface area contributed by atoms with E-state index in [0.29, 0.717) is 0 Å². The third-order valence-corrected chi connectivity index (χ3v) is 0.112. The van der Waals surface area contributed by atoms with Crippen LogP contribution in [0.25, 0.3) is 0 Å². The van der Waals surface area contributed by atoms with Gasteiger partial charge in [-0.3, -0.25) is 0 Å². The van der Waals surface area contributed by atoms with E-state index in [1.807, 2.05) is 0 Å². The molecule has 0 heterocycles. The van der Waals surface area contributed by atoms with Crippen LogP contribution in [0.5, 0.6) is 0 Å². The molecule has 0 aromatic carbocycles. The molecule has 0 aliphatic rings. The Hall–Kier alpha value is -0.480. The van der Waals surface area contributed by atoms with Gasteiger partial charge in [0.15, 0.2) is 12.4 Å². The summed E-state index contributed by atoms with van der Waals surface area (Å²) in [6, 6.07) is 0. The molecule has 0 aliphatic heterocycles. The van der Waals surface area contributed by atoms with Crippen LogP contribution in [-0.4, -0.2) is 0 Å². The van der Waals surface area contributed by atoms with E-state index in [1.165, 1.54) is 12.4 Å². The summed E-state index contributed by atoms with van der Waals surface area (Å²) >= 11 is 0. The van der Waals surface area contributed by atoms with Crippen molar-refractivity contribution in [2.24, 2.45) is 0 Å². The largest absolute Gasteiger partial charge is 1.00 e. The fourth-order valence-electron chi connectivity index (χ4n) is 0.0250. The van der Waals surface area contributed by atoms with E-state index in [2.05, 4.69) is 0 Å². The van der Waals surface area contributed by atoms with Crippen LogP contribution in [0.2, 0.25) is 0 Å². The normalized spacial score (nSPS) is 3.00. The van der Waals surface area contributed by atoms with E-state index in [0.717, 1.165) is 0 Å². The smallest absolute Gasteiger partial charge is 0.229 e. The standard InChI is InChI=1S/C2HN3.Ag/c3-1-5-2-4;/h5H;/q;+1. The molecule has 0 unspecified atom stereocenters. The van der Waals surface area contributed by atoms with Gasteiger partial charge >= 0.3 is 22.4 Å². The summed E-state index contributed by atoms with van der Waals surface area (Å²) in [5.74, 6) is 0. The summed E-state index contributed by atoms with van der Waals surface area (Å²) in [4.78, 5) is 0. The SMILES string of the molecule is N#CNC#N.[Ag+]. The molecular formula is C2HAgN3+. The molecular weight excluding hydrogens is 174 g/mol. The summed E-state index contributed by atoms with van der Waals surface area (Å²) < 4.78 is 0. The number of hydrogen-bond acceptors (Lipinski definition) is 3. The average molecular weight is 175 g/mol. The van der Waals surface area contributed by atoms with Gasteiger partial charge < -0.3 is 0 Å². The Morgan fingerprint density at radius 1 is 1.17 bits per heavy atom. The molecule has 0 spiro atoms. The van der Waals surface area contributed by atoms with Crippen molar-refractivity contribution in [1.82, 2.24) is 5.32 Å². The summed E-state index contributed by atoms with van der Waals surface area (Å²) in [7, 11) is 0. The first kappa shape index (κ1) is 9.10. The first-order valence-electron chi connectivity index (χ1n) is 0.947. The summed E-state index contributed by atoms with van der Waals surface area (Å²) in [6.07, 6.45) is 2.81. The molecule has 6 heavy (non-hydrogen) atoms. The monoisotopic (exact) mass is 174 g/mol. The van der Waals surface area contributed by atoms with Gasteiger partial charge in [0.05, 0.1) is 0 Å². The van der Waals surface area contributed by atoms with Crippen molar-refractivity contribution in [2.75, 3.05) is 0 Å². The average Bonchev–Trinajstić information content (AvgIpc) is 1.41. The van der Waals surface area contributed by atoms with E-state index in [4.69, 9.17) is 10.5 Å². The van der Waals surface area contributed by atoms with Crippen molar-refractivity contribution in [2.45, 2.75) is 0 Å².